The molecule has 0 aliphatic carbocycles. The molecule has 2 aromatic carbocycles. The fourth-order valence-corrected chi connectivity index (χ4v) is 2.82. The normalized spacial score (nSPS) is 11.6. The van der Waals surface area contributed by atoms with Crippen LogP contribution >= 0.6 is 11.8 Å². The van der Waals surface area contributed by atoms with Crippen molar-refractivity contribution in [3.63, 3.8) is 0 Å². The lowest BCUT2D eigenvalue weighted by atomic mass is 10.2. The van der Waals surface area contributed by atoms with Crippen molar-refractivity contribution in [3.05, 3.63) is 60.2 Å². The average Bonchev–Trinajstić information content (AvgIpc) is 3.14. The van der Waals surface area contributed by atoms with Gasteiger partial charge >= 0.3 is 5.97 Å². The van der Waals surface area contributed by atoms with Gasteiger partial charge in [-0.25, -0.2) is 4.98 Å². The number of amides is 2. The zero-order valence-corrected chi connectivity index (χ0v) is 15.7. The molecule has 0 radical (unpaired) electrons. The zero-order chi connectivity index (χ0) is 19.9. The summed E-state index contributed by atoms with van der Waals surface area (Å²) in [5.74, 6) is -1.80. The van der Waals surface area contributed by atoms with E-state index >= 15 is 0 Å². The van der Waals surface area contributed by atoms with Crippen molar-refractivity contribution < 1.29 is 23.5 Å². The van der Waals surface area contributed by atoms with Gasteiger partial charge in [0.2, 0.25) is 0 Å². The predicted molar refractivity (Wildman–Crippen MR) is 102 cm³/mol. The quantitative estimate of drug-likeness (QED) is 0.372. The number of nitrogens with one attached hydrogen (secondary N) is 2. The molecule has 3 rings (SSSR count). The van der Waals surface area contributed by atoms with Gasteiger partial charge in [0.1, 0.15) is 11.3 Å². The number of esters is 1. The highest BCUT2D eigenvalue weighted by atomic mass is 32.2. The minimum atomic E-state index is -1.08. The van der Waals surface area contributed by atoms with Crippen LogP contribution in [0.4, 0.5) is 0 Å². The minimum Gasteiger partial charge on any atom is -0.452 e. The van der Waals surface area contributed by atoms with E-state index in [1.807, 2.05) is 12.1 Å². The molecule has 0 unspecified atom stereocenters. The van der Waals surface area contributed by atoms with E-state index in [2.05, 4.69) is 15.8 Å². The standard InChI is InChI=1S/C19H17N3O5S/c1-12(17(24)21-22-18(25)13-7-3-2-4-8-13)26-16(23)11-28-19-20-14-9-5-6-10-15(14)27-19/h2-10,12H,11H2,1H3,(H,21,24)(H,22,25)/t12-/m0/s1. The van der Waals surface area contributed by atoms with Gasteiger partial charge in [-0.1, -0.05) is 42.1 Å². The second kappa shape index (κ2) is 9.05. The molecule has 9 heteroatoms. The highest BCUT2D eigenvalue weighted by Crippen LogP contribution is 2.23. The molecule has 1 atom stereocenters. The first-order chi connectivity index (χ1) is 13.5. The van der Waals surface area contributed by atoms with E-state index in [1.165, 1.54) is 6.92 Å². The van der Waals surface area contributed by atoms with Crippen molar-refractivity contribution in [2.45, 2.75) is 18.3 Å². The maximum Gasteiger partial charge on any atom is 0.317 e. The Kier molecular flexibility index (Phi) is 6.28. The number of hydrogen-bond donors (Lipinski definition) is 2. The van der Waals surface area contributed by atoms with Crippen LogP contribution in [0.3, 0.4) is 0 Å². The average molecular weight is 399 g/mol. The molecule has 1 heterocycles. The summed E-state index contributed by atoms with van der Waals surface area (Å²) >= 11 is 1.07. The fourth-order valence-electron chi connectivity index (χ4n) is 2.20. The van der Waals surface area contributed by atoms with Gasteiger partial charge in [-0.2, -0.15) is 0 Å². The van der Waals surface area contributed by atoms with Crippen molar-refractivity contribution in [1.82, 2.24) is 15.8 Å². The molecule has 0 aliphatic rings. The molecule has 0 saturated carbocycles. The van der Waals surface area contributed by atoms with Crippen LogP contribution in [0.5, 0.6) is 0 Å². The van der Waals surface area contributed by atoms with E-state index in [4.69, 9.17) is 9.15 Å². The van der Waals surface area contributed by atoms with Crippen LogP contribution < -0.4 is 10.9 Å². The predicted octanol–water partition coefficient (Wildman–Crippen LogP) is 2.31. The summed E-state index contributed by atoms with van der Waals surface area (Å²) < 4.78 is 10.5. The number of carbonyl (C=O) groups excluding carboxylic acids is 3. The zero-order valence-electron chi connectivity index (χ0n) is 14.9. The number of oxazole rings is 1. The third-order valence-electron chi connectivity index (χ3n) is 3.60. The number of hydrazine groups is 1. The smallest absolute Gasteiger partial charge is 0.317 e. The van der Waals surface area contributed by atoms with Crippen molar-refractivity contribution in [3.8, 4) is 0 Å². The molecule has 144 valence electrons. The van der Waals surface area contributed by atoms with Crippen LogP contribution in [0.1, 0.15) is 17.3 Å². The van der Waals surface area contributed by atoms with Crippen LogP contribution in [0, 0.1) is 0 Å². The summed E-state index contributed by atoms with van der Waals surface area (Å²) in [6.45, 7) is 1.41. The van der Waals surface area contributed by atoms with Crippen LogP contribution in [-0.2, 0) is 14.3 Å². The van der Waals surface area contributed by atoms with Crippen molar-refractivity contribution in [2.75, 3.05) is 5.75 Å². The van der Waals surface area contributed by atoms with Gasteiger partial charge in [0.15, 0.2) is 11.7 Å². The Balaban J connectivity index is 1.42. The van der Waals surface area contributed by atoms with E-state index in [-0.39, 0.29) is 5.75 Å². The van der Waals surface area contributed by atoms with Crippen molar-refractivity contribution in [1.29, 1.82) is 0 Å². The number of para-hydroxylation sites is 2. The topological polar surface area (TPSA) is 111 Å². The summed E-state index contributed by atoms with van der Waals surface area (Å²) in [4.78, 5) is 40.0. The molecular weight excluding hydrogens is 382 g/mol. The number of fused-ring (bicyclic) bond motifs is 1. The number of carbonyl (C=O) groups is 3. The molecule has 3 aromatic rings. The molecular formula is C19H17N3O5S. The Morgan fingerprint density at radius 2 is 1.79 bits per heavy atom. The molecule has 2 amide bonds. The number of thioether (sulfide) groups is 1. The second-order valence-electron chi connectivity index (χ2n) is 5.68. The summed E-state index contributed by atoms with van der Waals surface area (Å²) in [6.07, 6.45) is -1.08. The number of nitrogens with zero attached hydrogens (tertiary/aromatic N) is 1. The van der Waals surface area contributed by atoms with Crippen molar-refractivity contribution in [2.24, 2.45) is 0 Å². The van der Waals surface area contributed by atoms with E-state index in [0.717, 1.165) is 11.8 Å². The van der Waals surface area contributed by atoms with Gasteiger partial charge in [0.25, 0.3) is 17.0 Å². The molecule has 0 saturated heterocycles. The number of aromatic nitrogens is 1. The fraction of sp³-hybridized carbons (Fsp3) is 0.158. The van der Waals surface area contributed by atoms with E-state index in [9.17, 15) is 14.4 Å². The lowest BCUT2D eigenvalue weighted by molar-refractivity contribution is -0.152. The Bertz CT molecular complexity index is 956. The van der Waals surface area contributed by atoms with Gasteiger partial charge < -0.3 is 9.15 Å². The van der Waals surface area contributed by atoms with E-state index in [0.29, 0.717) is 21.9 Å². The SMILES string of the molecule is C[C@H](OC(=O)CSc1nc2ccccc2o1)C(=O)NNC(=O)c1ccccc1. The Labute approximate surface area is 164 Å². The molecule has 28 heavy (non-hydrogen) atoms. The lowest BCUT2D eigenvalue weighted by Crippen LogP contribution is -2.46. The first-order valence-corrected chi connectivity index (χ1v) is 9.34. The van der Waals surface area contributed by atoms with Crippen LogP contribution in [0.2, 0.25) is 0 Å². The van der Waals surface area contributed by atoms with Gasteiger partial charge in [-0.15, -0.1) is 0 Å². The highest BCUT2D eigenvalue weighted by molar-refractivity contribution is 7.99. The maximum absolute atomic E-state index is 12.0. The van der Waals surface area contributed by atoms with Crippen LogP contribution in [0.15, 0.2) is 64.2 Å². The Morgan fingerprint density at radius 1 is 1.07 bits per heavy atom. The summed E-state index contributed by atoms with van der Waals surface area (Å²) in [5.41, 5.74) is 6.20. The van der Waals surface area contributed by atoms with E-state index < -0.39 is 23.9 Å². The molecule has 0 aliphatic heterocycles. The van der Waals surface area contributed by atoms with Crippen LogP contribution in [0.25, 0.3) is 11.1 Å². The lowest BCUT2D eigenvalue weighted by Gasteiger charge is -2.13. The number of benzene rings is 2. The molecule has 2 N–H and O–H groups in total. The highest BCUT2D eigenvalue weighted by Gasteiger charge is 2.19. The largest absolute Gasteiger partial charge is 0.452 e. The summed E-state index contributed by atoms with van der Waals surface area (Å²) in [6, 6.07) is 15.6. The molecule has 0 bridgehead atoms. The minimum absolute atomic E-state index is 0.0686. The molecule has 0 spiro atoms. The van der Waals surface area contributed by atoms with Gasteiger partial charge in [-0.05, 0) is 31.2 Å². The number of ether oxygens (including phenoxy) is 1. The van der Waals surface area contributed by atoms with Gasteiger partial charge in [0, 0.05) is 5.56 Å². The number of hydrogen-bond acceptors (Lipinski definition) is 7. The molecule has 1 aromatic heterocycles. The van der Waals surface area contributed by atoms with Crippen LogP contribution in [-0.4, -0.2) is 34.6 Å². The Hall–Kier alpha value is -3.33. The van der Waals surface area contributed by atoms with Crippen molar-refractivity contribution >= 4 is 40.6 Å². The molecule has 8 nitrogen and oxygen atoms in total. The van der Waals surface area contributed by atoms with Gasteiger partial charge in [-0.3, -0.25) is 25.2 Å². The third kappa shape index (κ3) is 5.10. The second-order valence-corrected chi connectivity index (χ2v) is 6.60. The first-order valence-electron chi connectivity index (χ1n) is 8.36. The van der Waals surface area contributed by atoms with Gasteiger partial charge in [0.05, 0.1) is 0 Å². The maximum atomic E-state index is 12.0. The third-order valence-corrected chi connectivity index (χ3v) is 4.40. The summed E-state index contributed by atoms with van der Waals surface area (Å²) in [7, 11) is 0. The Morgan fingerprint density at radius 3 is 2.54 bits per heavy atom. The summed E-state index contributed by atoms with van der Waals surface area (Å²) in [5, 5.41) is 0.338. The first kappa shape index (κ1) is 19.4. The number of rotatable bonds is 6. The molecule has 0 fully saturated rings. The monoisotopic (exact) mass is 399 g/mol. The van der Waals surface area contributed by atoms with E-state index in [1.54, 1.807) is 42.5 Å².